The first-order chi connectivity index (χ1) is 13.2. The van der Waals surface area contributed by atoms with E-state index in [2.05, 4.69) is 10.0 Å². The topological polar surface area (TPSA) is 111 Å². The van der Waals surface area contributed by atoms with Crippen LogP contribution in [-0.4, -0.2) is 40.6 Å². The number of carbonyl (C=O) groups excluding carboxylic acids is 2. The van der Waals surface area contributed by atoms with Crippen LogP contribution in [0.5, 0.6) is 5.75 Å². The lowest BCUT2D eigenvalue weighted by Crippen LogP contribution is -2.32. The Balaban J connectivity index is 1.85. The summed E-state index contributed by atoms with van der Waals surface area (Å²) in [5, 5.41) is 2.55. The Morgan fingerprint density at radius 1 is 1.04 bits per heavy atom. The van der Waals surface area contributed by atoms with Crippen molar-refractivity contribution in [3.8, 4) is 5.75 Å². The number of anilines is 1. The number of benzene rings is 2. The smallest absolute Gasteiger partial charge is 0.321 e. The Labute approximate surface area is 163 Å². The van der Waals surface area contributed by atoms with E-state index in [1.165, 1.54) is 19.2 Å². The Morgan fingerprint density at radius 3 is 2.43 bits per heavy atom. The third-order valence-corrected chi connectivity index (χ3v) is 5.34. The Hall–Kier alpha value is -2.91. The van der Waals surface area contributed by atoms with E-state index in [4.69, 9.17) is 9.47 Å². The molecule has 9 heteroatoms. The fourth-order valence-corrected chi connectivity index (χ4v) is 3.30. The first kappa shape index (κ1) is 21.4. The number of aryl methyl sites for hydroxylation is 2. The van der Waals surface area contributed by atoms with E-state index in [1.54, 1.807) is 37.3 Å². The van der Waals surface area contributed by atoms with Crippen LogP contribution >= 0.6 is 0 Å². The standard InChI is InChI=1S/C19H22N2O6S/c1-13-8-9-15(10-14(13)2)28(24,25)20-11-19(23)27-12-18(22)21-16-6-4-5-7-17(16)26-3/h4-10,20H,11-12H2,1-3H3,(H,21,22). The van der Waals surface area contributed by atoms with Crippen molar-refractivity contribution in [1.29, 1.82) is 0 Å². The monoisotopic (exact) mass is 406 g/mol. The maximum atomic E-state index is 12.2. The number of methoxy groups -OCH3 is 1. The zero-order valence-electron chi connectivity index (χ0n) is 15.8. The van der Waals surface area contributed by atoms with Crippen molar-refractivity contribution in [1.82, 2.24) is 4.72 Å². The Kier molecular flexibility index (Phi) is 7.13. The molecule has 0 atom stereocenters. The minimum Gasteiger partial charge on any atom is -0.495 e. The molecule has 0 aliphatic rings. The predicted octanol–water partition coefficient (Wildman–Crippen LogP) is 1.77. The molecule has 2 N–H and O–H groups in total. The molecular formula is C19H22N2O6S. The fraction of sp³-hybridized carbons (Fsp3) is 0.263. The highest BCUT2D eigenvalue weighted by Gasteiger charge is 2.17. The molecule has 0 saturated carbocycles. The van der Waals surface area contributed by atoms with E-state index in [9.17, 15) is 18.0 Å². The van der Waals surface area contributed by atoms with Crippen LogP contribution in [0.25, 0.3) is 0 Å². The van der Waals surface area contributed by atoms with Gasteiger partial charge in [0, 0.05) is 0 Å². The van der Waals surface area contributed by atoms with Crippen molar-refractivity contribution in [3.05, 3.63) is 53.6 Å². The summed E-state index contributed by atoms with van der Waals surface area (Å²) < 4.78 is 36.5. The molecule has 2 aromatic rings. The molecule has 0 saturated heterocycles. The lowest BCUT2D eigenvalue weighted by molar-refractivity contribution is -0.146. The van der Waals surface area contributed by atoms with E-state index in [0.717, 1.165) is 11.1 Å². The van der Waals surface area contributed by atoms with Gasteiger partial charge in [-0.2, -0.15) is 4.72 Å². The third-order valence-electron chi connectivity index (χ3n) is 3.94. The molecule has 8 nitrogen and oxygen atoms in total. The van der Waals surface area contributed by atoms with Crippen LogP contribution in [0.4, 0.5) is 5.69 Å². The Morgan fingerprint density at radius 2 is 1.75 bits per heavy atom. The number of hydrogen-bond acceptors (Lipinski definition) is 6. The zero-order valence-corrected chi connectivity index (χ0v) is 16.6. The van der Waals surface area contributed by atoms with Crippen LogP contribution in [0.3, 0.4) is 0 Å². The van der Waals surface area contributed by atoms with Crippen molar-refractivity contribution in [3.63, 3.8) is 0 Å². The van der Waals surface area contributed by atoms with Gasteiger partial charge in [-0.25, -0.2) is 8.42 Å². The molecule has 0 spiro atoms. The van der Waals surface area contributed by atoms with E-state index in [1.807, 2.05) is 6.92 Å². The fourth-order valence-electron chi connectivity index (χ4n) is 2.25. The number of hydrogen-bond donors (Lipinski definition) is 2. The quantitative estimate of drug-likeness (QED) is 0.647. The maximum absolute atomic E-state index is 12.2. The zero-order chi connectivity index (χ0) is 20.7. The largest absolute Gasteiger partial charge is 0.495 e. The maximum Gasteiger partial charge on any atom is 0.321 e. The lowest BCUT2D eigenvalue weighted by atomic mass is 10.1. The van der Waals surface area contributed by atoms with Gasteiger partial charge in [-0.05, 0) is 49.2 Å². The summed E-state index contributed by atoms with van der Waals surface area (Å²) in [5.41, 5.74) is 2.21. The highest BCUT2D eigenvalue weighted by Crippen LogP contribution is 2.22. The number of carbonyl (C=O) groups is 2. The normalized spacial score (nSPS) is 11.0. The molecule has 0 heterocycles. The molecule has 0 aromatic heterocycles. The first-order valence-electron chi connectivity index (χ1n) is 8.38. The summed E-state index contributed by atoms with van der Waals surface area (Å²) in [7, 11) is -2.39. The number of nitrogens with one attached hydrogen (secondary N) is 2. The summed E-state index contributed by atoms with van der Waals surface area (Å²) in [6, 6.07) is 11.4. The molecule has 150 valence electrons. The van der Waals surface area contributed by atoms with Gasteiger partial charge in [-0.1, -0.05) is 18.2 Å². The van der Waals surface area contributed by atoms with E-state index >= 15 is 0 Å². The van der Waals surface area contributed by atoms with E-state index in [-0.39, 0.29) is 4.90 Å². The molecule has 0 unspecified atom stereocenters. The van der Waals surface area contributed by atoms with Crippen molar-refractivity contribution < 1.29 is 27.5 Å². The second-order valence-corrected chi connectivity index (χ2v) is 7.75. The molecule has 0 radical (unpaired) electrons. The molecule has 2 aromatic carbocycles. The van der Waals surface area contributed by atoms with Gasteiger partial charge in [0.05, 0.1) is 17.7 Å². The summed E-state index contributed by atoms with van der Waals surface area (Å²) in [5.74, 6) is -0.985. The van der Waals surface area contributed by atoms with Crippen molar-refractivity contribution >= 4 is 27.6 Å². The SMILES string of the molecule is COc1ccccc1NC(=O)COC(=O)CNS(=O)(=O)c1ccc(C)c(C)c1. The van der Waals surface area contributed by atoms with E-state index < -0.39 is 35.1 Å². The third kappa shape index (κ3) is 5.80. The number of sulfonamides is 1. The van der Waals surface area contributed by atoms with Crippen LogP contribution in [0.2, 0.25) is 0 Å². The van der Waals surface area contributed by atoms with Gasteiger partial charge < -0.3 is 14.8 Å². The number of rotatable bonds is 8. The average Bonchev–Trinajstić information content (AvgIpc) is 2.67. The molecule has 0 aliphatic carbocycles. The van der Waals surface area contributed by atoms with E-state index in [0.29, 0.717) is 11.4 Å². The van der Waals surface area contributed by atoms with Crippen molar-refractivity contribution in [2.75, 3.05) is 25.6 Å². The second-order valence-electron chi connectivity index (χ2n) is 5.98. The van der Waals surface area contributed by atoms with Crippen LogP contribution in [0.15, 0.2) is 47.4 Å². The molecular weight excluding hydrogens is 384 g/mol. The number of ether oxygens (including phenoxy) is 2. The lowest BCUT2D eigenvalue weighted by Gasteiger charge is -2.11. The number of para-hydroxylation sites is 2. The molecule has 28 heavy (non-hydrogen) atoms. The summed E-state index contributed by atoms with van der Waals surface area (Å²) in [4.78, 5) is 23.7. The summed E-state index contributed by atoms with van der Waals surface area (Å²) in [6.45, 7) is 2.52. The number of esters is 1. The van der Waals surface area contributed by atoms with Gasteiger partial charge in [-0.3, -0.25) is 9.59 Å². The highest BCUT2D eigenvalue weighted by molar-refractivity contribution is 7.89. The van der Waals surface area contributed by atoms with Crippen LogP contribution in [0, 0.1) is 13.8 Å². The Bertz CT molecular complexity index is 972. The summed E-state index contributed by atoms with van der Waals surface area (Å²) in [6.07, 6.45) is 0. The van der Waals surface area contributed by atoms with Crippen molar-refractivity contribution in [2.24, 2.45) is 0 Å². The van der Waals surface area contributed by atoms with Gasteiger partial charge in [-0.15, -0.1) is 0 Å². The van der Waals surface area contributed by atoms with Crippen LogP contribution in [0.1, 0.15) is 11.1 Å². The van der Waals surface area contributed by atoms with Gasteiger partial charge >= 0.3 is 5.97 Å². The number of amides is 1. The predicted molar refractivity (Wildman–Crippen MR) is 104 cm³/mol. The second kappa shape index (κ2) is 9.34. The molecule has 2 rings (SSSR count). The molecule has 0 bridgehead atoms. The molecule has 0 aliphatic heterocycles. The minimum atomic E-state index is -3.86. The molecule has 1 amide bonds. The highest BCUT2D eigenvalue weighted by atomic mass is 32.2. The van der Waals surface area contributed by atoms with Crippen LogP contribution < -0.4 is 14.8 Å². The minimum absolute atomic E-state index is 0.0531. The van der Waals surface area contributed by atoms with Gasteiger partial charge in [0.15, 0.2) is 6.61 Å². The molecule has 0 fully saturated rings. The van der Waals surface area contributed by atoms with Gasteiger partial charge in [0.1, 0.15) is 12.3 Å². The van der Waals surface area contributed by atoms with Crippen LogP contribution in [-0.2, 0) is 24.3 Å². The first-order valence-corrected chi connectivity index (χ1v) is 9.86. The van der Waals surface area contributed by atoms with Gasteiger partial charge in [0.25, 0.3) is 5.91 Å². The summed E-state index contributed by atoms with van der Waals surface area (Å²) >= 11 is 0. The van der Waals surface area contributed by atoms with Gasteiger partial charge in [0.2, 0.25) is 10.0 Å². The average molecular weight is 406 g/mol. The van der Waals surface area contributed by atoms with Crippen molar-refractivity contribution in [2.45, 2.75) is 18.7 Å².